The van der Waals surface area contributed by atoms with Crippen LogP contribution in [-0.4, -0.2) is 47.3 Å². The zero-order chi connectivity index (χ0) is 14.7. The number of rotatable bonds is 4. The van der Waals surface area contributed by atoms with E-state index in [1.165, 1.54) is 0 Å². The van der Waals surface area contributed by atoms with Crippen molar-refractivity contribution in [2.24, 2.45) is 0 Å². The van der Waals surface area contributed by atoms with Gasteiger partial charge in [0.05, 0.1) is 18.0 Å². The molecule has 1 saturated heterocycles. The van der Waals surface area contributed by atoms with E-state index < -0.39 is 5.97 Å². The predicted molar refractivity (Wildman–Crippen MR) is 75.3 cm³/mol. The third kappa shape index (κ3) is 3.07. The van der Waals surface area contributed by atoms with E-state index in [1.807, 2.05) is 18.7 Å². The van der Waals surface area contributed by atoms with Gasteiger partial charge in [0.1, 0.15) is 5.82 Å². The highest BCUT2D eigenvalue weighted by Gasteiger charge is 2.24. The summed E-state index contributed by atoms with van der Waals surface area (Å²) in [6, 6.07) is 0. The minimum atomic E-state index is -1.00. The number of hydrogen-bond donors (Lipinski definition) is 1. The van der Waals surface area contributed by atoms with Crippen LogP contribution >= 0.6 is 0 Å². The van der Waals surface area contributed by atoms with E-state index in [0.717, 1.165) is 25.9 Å². The highest BCUT2D eigenvalue weighted by Crippen LogP contribution is 2.24. The van der Waals surface area contributed by atoms with Gasteiger partial charge in [-0.2, -0.15) is 0 Å². The molecule has 0 bridgehead atoms. The normalized spacial score (nSPS) is 16.7. The zero-order valence-corrected chi connectivity index (χ0v) is 12.2. The summed E-state index contributed by atoms with van der Waals surface area (Å²) in [6.45, 7) is 5.43. The van der Waals surface area contributed by atoms with E-state index in [-0.39, 0.29) is 17.7 Å². The molecule has 2 rings (SSSR count). The van der Waals surface area contributed by atoms with Crippen LogP contribution in [0.15, 0.2) is 6.20 Å². The molecule has 0 aliphatic carbocycles. The van der Waals surface area contributed by atoms with Gasteiger partial charge in [0, 0.05) is 26.1 Å². The van der Waals surface area contributed by atoms with Crippen LogP contribution < -0.4 is 4.90 Å². The van der Waals surface area contributed by atoms with Crippen molar-refractivity contribution >= 4 is 11.7 Å². The minimum Gasteiger partial charge on any atom is -0.476 e. The summed E-state index contributed by atoms with van der Waals surface area (Å²) in [5.74, 6) is -0.322. The Labute approximate surface area is 118 Å². The van der Waals surface area contributed by atoms with E-state index in [4.69, 9.17) is 4.74 Å². The number of carboxylic acid groups (broad SMARTS) is 1. The lowest BCUT2D eigenvalue weighted by molar-refractivity contribution is 0.0689. The van der Waals surface area contributed by atoms with Crippen LogP contribution in [0.4, 0.5) is 5.69 Å². The number of aromatic nitrogens is 2. The van der Waals surface area contributed by atoms with Gasteiger partial charge in [-0.15, -0.1) is 0 Å². The molecule has 0 saturated carbocycles. The Morgan fingerprint density at radius 1 is 1.45 bits per heavy atom. The number of hydrogen-bond acceptors (Lipinski definition) is 5. The van der Waals surface area contributed by atoms with E-state index in [9.17, 15) is 9.90 Å². The van der Waals surface area contributed by atoms with E-state index in [1.54, 1.807) is 13.3 Å². The maximum absolute atomic E-state index is 11.4. The minimum absolute atomic E-state index is 0.0968. The Kier molecular flexibility index (Phi) is 4.54. The summed E-state index contributed by atoms with van der Waals surface area (Å²) in [5.41, 5.74) is 0.705. The van der Waals surface area contributed by atoms with Gasteiger partial charge >= 0.3 is 5.97 Å². The molecule has 1 aromatic rings. The standard InChI is InChI=1S/C14H21N3O3/c1-9(2)13-15-8-11(12(16-13)14(18)19)17-6-4-10(20-3)5-7-17/h8-10H,4-7H2,1-3H3,(H,18,19). The fourth-order valence-corrected chi connectivity index (χ4v) is 2.39. The number of aromatic carboxylic acids is 1. The highest BCUT2D eigenvalue weighted by molar-refractivity contribution is 5.92. The molecular formula is C14H21N3O3. The molecule has 0 radical (unpaired) electrons. The van der Waals surface area contributed by atoms with E-state index in [2.05, 4.69) is 9.97 Å². The molecule has 1 aliphatic rings. The van der Waals surface area contributed by atoms with Gasteiger partial charge in [-0.3, -0.25) is 0 Å². The van der Waals surface area contributed by atoms with E-state index in [0.29, 0.717) is 11.5 Å². The third-order valence-electron chi connectivity index (χ3n) is 3.62. The summed E-state index contributed by atoms with van der Waals surface area (Å²) >= 11 is 0. The first kappa shape index (κ1) is 14.7. The van der Waals surface area contributed by atoms with Crippen molar-refractivity contribution in [1.29, 1.82) is 0 Å². The Balaban J connectivity index is 2.25. The lowest BCUT2D eigenvalue weighted by atomic mass is 10.1. The Morgan fingerprint density at radius 3 is 2.60 bits per heavy atom. The maximum atomic E-state index is 11.4. The third-order valence-corrected chi connectivity index (χ3v) is 3.62. The smallest absolute Gasteiger partial charge is 0.356 e. The first-order valence-electron chi connectivity index (χ1n) is 6.91. The summed E-state index contributed by atoms with van der Waals surface area (Å²) in [7, 11) is 1.71. The predicted octanol–water partition coefficient (Wildman–Crippen LogP) is 1.91. The topological polar surface area (TPSA) is 75.5 Å². The quantitative estimate of drug-likeness (QED) is 0.907. The Hall–Kier alpha value is -1.69. The summed E-state index contributed by atoms with van der Waals surface area (Å²) in [5, 5.41) is 9.36. The number of methoxy groups -OCH3 is 1. The molecule has 1 aliphatic heterocycles. The first-order chi connectivity index (χ1) is 9.52. The molecule has 110 valence electrons. The first-order valence-corrected chi connectivity index (χ1v) is 6.91. The van der Waals surface area contributed by atoms with Gasteiger partial charge in [-0.1, -0.05) is 13.8 Å². The van der Waals surface area contributed by atoms with Crippen LogP contribution in [0.3, 0.4) is 0 Å². The van der Waals surface area contributed by atoms with Gasteiger partial charge in [-0.05, 0) is 12.8 Å². The van der Waals surface area contributed by atoms with Crippen LogP contribution in [0.25, 0.3) is 0 Å². The fraction of sp³-hybridized carbons (Fsp3) is 0.643. The van der Waals surface area contributed by atoms with Crippen molar-refractivity contribution in [3.05, 3.63) is 17.7 Å². The maximum Gasteiger partial charge on any atom is 0.356 e. The molecule has 20 heavy (non-hydrogen) atoms. The zero-order valence-electron chi connectivity index (χ0n) is 12.2. The average Bonchev–Trinajstić information content (AvgIpc) is 2.46. The number of nitrogens with zero attached hydrogens (tertiary/aromatic N) is 3. The van der Waals surface area contributed by atoms with Crippen LogP contribution in [0.5, 0.6) is 0 Å². The van der Waals surface area contributed by atoms with Crippen LogP contribution in [-0.2, 0) is 4.74 Å². The number of carbonyl (C=O) groups is 1. The summed E-state index contributed by atoms with van der Waals surface area (Å²) < 4.78 is 5.33. The highest BCUT2D eigenvalue weighted by atomic mass is 16.5. The SMILES string of the molecule is COC1CCN(c2cnc(C(C)C)nc2C(=O)O)CC1. The lowest BCUT2D eigenvalue weighted by Gasteiger charge is -2.33. The lowest BCUT2D eigenvalue weighted by Crippen LogP contribution is -2.37. The molecule has 6 nitrogen and oxygen atoms in total. The summed E-state index contributed by atoms with van der Waals surface area (Å²) in [4.78, 5) is 21.9. The molecule has 0 amide bonds. The van der Waals surface area contributed by atoms with E-state index >= 15 is 0 Å². The van der Waals surface area contributed by atoms with Gasteiger partial charge in [-0.25, -0.2) is 14.8 Å². The second-order valence-corrected chi connectivity index (χ2v) is 5.34. The van der Waals surface area contributed by atoms with Crippen LogP contribution in [0.2, 0.25) is 0 Å². The molecule has 0 spiro atoms. The van der Waals surface area contributed by atoms with Gasteiger partial charge < -0.3 is 14.7 Å². The van der Waals surface area contributed by atoms with Gasteiger partial charge in [0.2, 0.25) is 0 Å². The average molecular weight is 279 g/mol. The Bertz CT molecular complexity index is 483. The monoisotopic (exact) mass is 279 g/mol. The largest absolute Gasteiger partial charge is 0.476 e. The molecule has 0 atom stereocenters. The van der Waals surface area contributed by atoms with Crippen molar-refractivity contribution in [3.63, 3.8) is 0 Å². The molecule has 0 unspecified atom stereocenters. The Morgan fingerprint density at radius 2 is 2.10 bits per heavy atom. The number of carboxylic acids is 1. The van der Waals surface area contributed by atoms with Crippen molar-refractivity contribution in [1.82, 2.24) is 9.97 Å². The van der Waals surface area contributed by atoms with Crippen LogP contribution in [0, 0.1) is 0 Å². The number of anilines is 1. The number of piperidine rings is 1. The molecule has 1 aromatic heterocycles. The molecule has 1 fully saturated rings. The van der Waals surface area contributed by atoms with Crippen molar-refractivity contribution in [2.45, 2.75) is 38.7 Å². The second-order valence-electron chi connectivity index (χ2n) is 5.34. The molecule has 1 N–H and O–H groups in total. The van der Waals surface area contributed by atoms with Crippen molar-refractivity contribution in [3.8, 4) is 0 Å². The molecular weight excluding hydrogens is 258 g/mol. The summed E-state index contributed by atoms with van der Waals surface area (Å²) in [6.07, 6.45) is 3.68. The fourth-order valence-electron chi connectivity index (χ4n) is 2.39. The molecule has 0 aromatic carbocycles. The molecule has 6 heteroatoms. The van der Waals surface area contributed by atoms with Gasteiger partial charge in [0.25, 0.3) is 0 Å². The molecule has 2 heterocycles. The van der Waals surface area contributed by atoms with Gasteiger partial charge in [0.15, 0.2) is 5.69 Å². The number of ether oxygens (including phenoxy) is 1. The van der Waals surface area contributed by atoms with Crippen molar-refractivity contribution in [2.75, 3.05) is 25.1 Å². The van der Waals surface area contributed by atoms with Crippen LogP contribution in [0.1, 0.15) is 48.9 Å². The van der Waals surface area contributed by atoms with Crippen molar-refractivity contribution < 1.29 is 14.6 Å². The second kappa shape index (κ2) is 6.17.